The number of nitro benzene ring substituents is 1. The molecule has 1 rings (SSSR count). The summed E-state index contributed by atoms with van der Waals surface area (Å²) in [7, 11) is 0. The van der Waals surface area contributed by atoms with Gasteiger partial charge in [0.2, 0.25) is 0 Å². The molecular weight excluding hydrogens is 222 g/mol. The van der Waals surface area contributed by atoms with Crippen LogP contribution in [0.3, 0.4) is 0 Å². The van der Waals surface area contributed by atoms with Gasteiger partial charge in [-0.25, -0.2) is 0 Å². The van der Waals surface area contributed by atoms with Crippen LogP contribution in [0, 0.1) is 10.1 Å². The molecule has 3 N–H and O–H groups in total. The van der Waals surface area contributed by atoms with E-state index in [2.05, 4.69) is 10.6 Å². The molecule has 0 heterocycles. The van der Waals surface area contributed by atoms with Crippen molar-refractivity contribution in [3.8, 4) is 0 Å². The fraction of sp³-hybridized carbons (Fsp3) is 0.455. The molecule has 0 amide bonds. The van der Waals surface area contributed by atoms with Crippen LogP contribution >= 0.6 is 0 Å². The predicted molar refractivity (Wildman–Crippen MR) is 64.8 cm³/mol. The van der Waals surface area contributed by atoms with E-state index in [1.807, 2.05) is 0 Å². The third-order valence-electron chi connectivity index (χ3n) is 2.24. The number of nitrogens with zero attached hydrogens (tertiary/aromatic N) is 1. The van der Waals surface area contributed by atoms with Crippen LogP contribution in [-0.4, -0.2) is 36.3 Å². The highest BCUT2D eigenvalue weighted by atomic mass is 16.6. The van der Waals surface area contributed by atoms with E-state index < -0.39 is 4.92 Å². The number of hydrogen-bond acceptors (Lipinski definition) is 5. The molecule has 0 unspecified atom stereocenters. The van der Waals surface area contributed by atoms with Gasteiger partial charge in [-0.1, -0.05) is 12.1 Å². The first-order chi connectivity index (χ1) is 8.24. The zero-order chi connectivity index (χ0) is 12.5. The lowest BCUT2D eigenvalue weighted by molar-refractivity contribution is -0.384. The summed E-state index contributed by atoms with van der Waals surface area (Å²) in [5.74, 6) is 0. The maximum Gasteiger partial charge on any atom is 0.269 e. The van der Waals surface area contributed by atoms with Gasteiger partial charge in [0.15, 0.2) is 0 Å². The smallest absolute Gasteiger partial charge is 0.269 e. The van der Waals surface area contributed by atoms with Crippen molar-refractivity contribution in [2.45, 2.75) is 6.54 Å². The highest BCUT2D eigenvalue weighted by Crippen LogP contribution is 2.11. The van der Waals surface area contributed by atoms with Crippen molar-refractivity contribution in [2.75, 3.05) is 26.2 Å². The number of nitro groups is 1. The average molecular weight is 239 g/mol. The number of nitrogens with one attached hydrogen (secondary N) is 2. The lowest BCUT2D eigenvalue weighted by Crippen LogP contribution is -2.28. The van der Waals surface area contributed by atoms with Crippen molar-refractivity contribution in [3.63, 3.8) is 0 Å². The van der Waals surface area contributed by atoms with E-state index >= 15 is 0 Å². The van der Waals surface area contributed by atoms with Crippen molar-refractivity contribution >= 4 is 5.69 Å². The summed E-state index contributed by atoms with van der Waals surface area (Å²) >= 11 is 0. The van der Waals surface area contributed by atoms with Crippen molar-refractivity contribution < 1.29 is 10.0 Å². The topological polar surface area (TPSA) is 87.4 Å². The number of aliphatic hydroxyl groups excluding tert-OH is 1. The molecule has 0 aliphatic carbocycles. The standard InChI is InChI=1S/C11H17N3O3/c15-8-7-12-5-6-13-9-10-1-3-11(4-2-10)14(16)17/h1-4,12-13,15H,5-9H2. The summed E-state index contributed by atoms with van der Waals surface area (Å²) < 4.78 is 0. The number of benzene rings is 1. The molecule has 0 radical (unpaired) electrons. The quantitative estimate of drug-likeness (QED) is 0.344. The minimum atomic E-state index is -0.407. The van der Waals surface area contributed by atoms with E-state index in [1.165, 1.54) is 12.1 Å². The molecule has 0 saturated carbocycles. The van der Waals surface area contributed by atoms with Gasteiger partial charge < -0.3 is 15.7 Å². The van der Waals surface area contributed by atoms with Gasteiger partial charge in [-0.15, -0.1) is 0 Å². The Morgan fingerprint density at radius 1 is 1.12 bits per heavy atom. The molecule has 17 heavy (non-hydrogen) atoms. The van der Waals surface area contributed by atoms with E-state index in [1.54, 1.807) is 12.1 Å². The molecule has 0 aliphatic rings. The Labute approximate surface area is 99.8 Å². The van der Waals surface area contributed by atoms with Gasteiger partial charge in [-0.05, 0) is 5.56 Å². The highest BCUT2D eigenvalue weighted by Gasteiger charge is 2.03. The zero-order valence-electron chi connectivity index (χ0n) is 9.56. The Morgan fingerprint density at radius 3 is 2.35 bits per heavy atom. The number of non-ortho nitro benzene ring substituents is 1. The molecule has 1 aromatic rings. The first-order valence-electron chi connectivity index (χ1n) is 5.49. The van der Waals surface area contributed by atoms with Gasteiger partial charge in [0, 0.05) is 38.3 Å². The maximum absolute atomic E-state index is 10.4. The van der Waals surface area contributed by atoms with Crippen molar-refractivity contribution in [1.29, 1.82) is 0 Å². The molecule has 0 saturated heterocycles. The monoisotopic (exact) mass is 239 g/mol. The second-order valence-electron chi connectivity index (χ2n) is 3.57. The predicted octanol–water partition coefficient (Wildman–Crippen LogP) is 0.266. The van der Waals surface area contributed by atoms with E-state index in [0.717, 1.165) is 18.7 Å². The fourth-order valence-corrected chi connectivity index (χ4v) is 1.35. The van der Waals surface area contributed by atoms with Crippen LogP contribution in [0.25, 0.3) is 0 Å². The van der Waals surface area contributed by atoms with E-state index in [-0.39, 0.29) is 12.3 Å². The first kappa shape index (κ1) is 13.6. The molecule has 6 nitrogen and oxygen atoms in total. The van der Waals surface area contributed by atoms with E-state index in [0.29, 0.717) is 13.1 Å². The van der Waals surface area contributed by atoms with Crippen LogP contribution in [0.2, 0.25) is 0 Å². The Morgan fingerprint density at radius 2 is 1.76 bits per heavy atom. The van der Waals surface area contributed by atoms with Crippen molar-refractivity contribution in [1.82, 2.24) is 10.6 Å². The van der Waals surface area contributed by atoms with Gasteiger partial charge in [0.05, 0.1) is 11.5 Å². The van der Waals surface area contributed by atoms with Gasteiger partial charge in [-0.3, -0.25) is 10.1 Å². The third-order valence-corrected chi connectivity index (χ3v) is 2.24. The Hall–Kier alpha value is -1.50. The average Bonchev–Trinajstić information content (AvgIpc) is 2.34. The normalized spacial score (nSPS) is 10.4. The summed E-state index contributed by atoms with van der Waals surface area (Å²) in [5, 5.41) is 25.2. The summed E-state index contributed by atoms with van der Waals surface area (Å²) in [6.07, 6.45) is 0. The summed E-state index contributed by atoms with van der Waals surface area (Å²) in [6.45, 7) is 2.99. The van der Waals surface area contributed by atoms with Crippen LogP contribution in [0.1, 0.15) is 5.56 Å². The van der Waals surface area contributed by atoms with Gasteiger partial charge in [0.1, 0.15) is 0 Å². The number of hydrogen-bond donors (Lipinski definition) is 3. The van der Waals surface area contributed by atoms with Crippen LogP contribution in [0.15, 0.2) is 24.3 Å². The largest absolute Gasteiger partial charge is 0.395 e. The molecule has 0 atom stereocenters. The highest BCUT2D eigenvalue weighted by molar-refractivity contribution is 5.32. The third kappa shape index (κ3) is 5.39. The molecule has 0 aromatic heterocycles. The fourth-order valence-electron chi connectivity index (χ4n) is 1.35. The van der Waals surface area contributed by atoms with Crippen LogP contribution in [0.4, 0.5) is 5.69 Å². The molecule has 0 spiro atoms. The molecule has 0 fully saturated rings. The minimum Gasteiger partial charge on any atom is -0.395 e. The molecule has 0 aliphatic heterocycles. The SMILES string of the molecule is O=[N+]([O-])c1ccc(CNCCNCCO)cc1. The zero-order valence-corrected chi connectivity index (χ0v) is 9.56. The number of rotatable bonds is 8. The van der Waals surface area contributed by atoms with Crippen LogP contribution in [-0.2, 0) is 6.54 Å². The molecule has 94 valence electrons. The second-order valence-corrected chi connectivity index (χ2v) is 3.57. The van der Waals surface area contributed by atoms with Crippen molar-refractivity contribution in [3.05, 3.63) is 39.9 Å². The first-order valence-corrected chi connectivity index (χ1v) is 5.49. The van der Waals surface area contributed by atoms with Crippen LogP contribution in [0.5, 0.6) is 0 Å². The Bertz CT molecular complexity index is 340. The lowest BCUT2D eigenvalue weighted by Gasteiger charge is -2.05. The van der Waals surface area contributed by atoms with Gasteiger partial charge in [-0.2, -0.15) is 0 Å². The van der Waals surface area contributed by atoms with Gasteiger partial charge in [0.25, 0.3) is 5.69 Å². The van der Waals surface area contributed by atoms with Crippen LogP contribution < -0.4 is 10.6 Å². The summed E-state index contributed by atoms with van der Waals surface area (Å²) in [4.78, 5) is 10.0. The Balaban J connectivity index is 2.21. The lowest BCUT2D eigenvalue weighted by atomic mass is 10.2. The van der Waals surface area contributed by atoms with E-state index in [9.17, 15) is 10.1 Å². The van der Waals surface area contributed by atoms with Crippen molar-refractivity contribution in [2.24, 2.45) is 0 Å². The molecule has 0 bridgehead atoms. The Kier molecular flexibility index (Phi) is 6.16. The summed E-state index contributed by atoms with van der Waals surface area (Å²) in [6, 6.07) is 6.49. The summed E-state index contributed by atoms with van der Waals surface area (Å²) in [5.41, 5.74) is 1.12. The molecule has 6 heteroatoms. The van der Waals surface area contributed by atoms with E-state index in [4.69, 9.17) is 5.11 Å². The second kappa shape index (κ2) is 7.72. The maximum atomic E-state index is 10.4. The van der Waals surface area contributed by atoms with Gasteiger partial charge >= 0.3 is 0 Å². The molecule has 1 aromatic carbocycles. The molecular formula is C11H17N3O3. The number of aliphatic hydroxyl groups is 1. The minimum absolute atomic E-state index is 0.110.